The first-order valence-corrected chi connectivity index (χ1v) is 10.6. The number of anilines is 1. The summed E-state index contributed by atoms with van der Waals surface area (Å²) in [6, 6.07) is 0. The lowest BCUT2D eigenvalue weighted by Gasteiger charge is -2.10. The number of nitrogens with one attached hydrogen (secondary N) is 2. The van der Waals surface area contributed by atoms with Crippen molar-refractivity contribution < 1.29 is 19.1 Å². The number of ether oxygens (including phenoxy) is 2. The van der Waals surface area contributed by atoms with Gasteiger partial charge in [-0.2, -0.15) is 5.10 Å². The third-order valence-corrected chi connectivity index (χ3v) is 5.56. The molecule has 0 spiro atoms. The second-order valence-corrected chi connectivity index (χ2v) is 7.53. The monoisotopic (exact) mass is 438 g/mol. The number of aryl methyl sites for hydroxylation is 2. The summed E-state index contributed by atoms with van der Waals surface area (Å²) in [6.07, 6.45) is 1.96. The minimum Gasteiger partial charge on any atom is -0.462 e. The first-order valence-electron chi connectivity index (χ1n) is 9.37. The lowest BCUT2D eigenvalue weighted by molar-refractivity contribution is 0.0527. The largest absolute Gasteiger partial charge is 0.462 e. The minimum absolute atomic E-state index is 0.228. The highest BCUT2D eigenvalue weighted by atomic mass is 32.1. The highest BCUT2D eigenvalue weighted by Gasteiger charge is 2.26. The zero-order valence-electron chi connectivity index (χ0n) is 17.2. The van der Waals surface area contributed by atoms with Crippen LogP contribution < -0.4 is 10.6 Å². The van der Waals surface area contributed by atoms with Gasteiger partial charge in [-0.3, -0.25) is 4.68 Å². The van der Waals surface area contributed by atoms with Gasteiger partial charge in [0.1, 0.15) is 9.88 Å². The Hall–Kier alpha value is -2.46. The number of thiocarbonyl (C=S) groups is 1. The van der Waals surface area contributed by atoms with Crippen LogP contribution in [0.1, 0.15) is 57.6 Å². The SMILES string of the molecule is CCOC(=O)c1sc(NC(=S)NCc2cn(CC)nc2C)c(C(=O)OCC)c1C. The van der Waals surface area contributed by atoms with Crippen molar-refractivity contribution in [1.82, 2.24) is 15.1 Å². The van der Waals surface area contributed by atoms with Crippen LogP contribution >= 0.6 is 23.6 Å². The van der Waals surface area contributed by atoms with Crippen molar-refractivity contribution in [1.29, 1.82) is 0 Å². The minimum atomic E-state index is -0.512. The maximum Gasteiger partial charge on any atom is 0.348 e. The fraction of sp³-hybridized carbons (Fsp3) is 0.474. The van der Waals surface area contributed by atoms with E-state index in [2.05, 4.69) is 15.7 Å². The van der Waals surface area contributed by atoms with Crippen molar-refractivity contribution in [3.8, 4) is 0 Å². The van der Waals surface area contributed by atoms with Crippen LogP contribution in [0.4, 0.5) is 5.00 Å². The molecule has 0 atom stereocenters. The molecular formula is C19H26N4O4S2. The number of thiophene rings is 1. The highest BCUT2D eigenvalue weighted by Crippen LogP contribution is 2.34. The third-order valence-electron chi connectivity index (χ3n) is 4.13. The summed E-state index contributed by atoms with van der Waals surface area (Å²) in [7, 11) is 0. The Morgan fingerprint density at radius 1 is 1.17 bits per heavy atom. The Labute approximate surface area is 179 Å². The Morgan fingerprint density at radius 3 is 2.41 bits per heavy atom. The molecule has 0 amide bonds. The molecule has 10 heteroatoms. The second-order valence-electron chi connectivity index (χ2n) is 6.10. The molecule has 29 heavy (non-hydrogen) atoms. The zero-order chi connectivity index (χ0) is 21.6. The molecule has 2 aromatic heterocycles. The predicted molar refractivity (Wildman–Crippen MR) is 117 cm³/mol. The van der Waals surface area contributed by atoms with Crippen LogP contribution in [0.25, 0.3) is 0 Å². The average Bonchev–Trinajstić information content (AvgIpc) is 3.19. The third kappa shape index (κ3) is 5.54. The first kappa shape index (κ1) is 22.8. The standard InChI is InChI=1S/C19H26N4O4S2/c1-6-23-10-13(12(5)22-23)9-20-19(28)21-16-14(17(24)26-7-2)11(4)15(29-16)18(25)27-8-3/h10H,6-9H2,1-5H3,(H2,20,21,28). The fourth-order valence-electron chi connectivity index (χ4n) is 2.66. The summed E-state index contributed by atoms with van der Waals surface area (Å²) < 4.78 is 12.1. The van der Waals surface area contributed by atoms with Crippen LogP contribution in [0.3, 0.4) is 0 Å². The van der Waals surface area contributed by atoms with Crippen molar-refractivity contribution >= 4 is 45.6 Å². The lowest BCUT2D eigenvalue weighted by atomic mass is 10.1. The number of nitrogens with zero attached hydrogens (tertiary/aromatic N) is 2. The van der Waals surface area contributed by atoms with Gasteiger partial charge in [-0.1, -0.05) is 0 Å². The Morgan fingerprint density at radius 2 is 1.83 bits per heavy atom. The molecule has 2 aromatic rings. The molecule has 0 radical (unpaired) electrons. The number of esters is 2. The van der Waals surface area contributed by atoms with Gasteiger partial charge in [0.2, 0.25) is 0 Å². The van der Waals surface area contributed by atoms with Crippen molar-refractivity contribution in [3.63, 3.8) is 0 Å². The molecule has 2 N–H and O–H groups in total. The van der Waals surface area contributed by atoms with E-state index in [-0.39, 0.29) is 13.2 Å². The Kier molecular flexibility index (Phi) is 8.15. The Bertz CT molecular complexity index is 904. The summed E-state index contributed by atoms with van der Waals surface area (Å²) in [5, 5.41) is 11.3. The van der Waals surface area contributed by atoms with E-state index in [9.17, 15) is 9.59 Å². The number of hydrogen-bond acceptors (Lipinski definition) is 7. The van der Waals surface area contributed by atoms with E-state index in [0.717, 1.165) is 29.1 Å². The quantitative estimate of drug-likeness (QED) is 0.478. The van der Waals surface area contributed by atoms with Crippen LogP contribution in [0.15, 0.2) is 6.20 Å². The van der Waals surface area contributed by atoms with Gasteiger partial charge in [0.05, 0.1) is 24.5 Å². The van der Waals surface area contributed by atoms with E-state index in [1.165, 1.54) is 0 Å². The molecule has 2 heterocycles. The smallest absolute Gasteiger partial charge is 0.348 e. The van der Waals surface area contributed by atoms with E-state index in [1.807, 2.05) is 24.7 Å². The summed E-state index contributed by atoms with van der Waals surface area (Å²) in [5.74, 6) is -0.989. The molecule has 2 rings (SSSR count). The first-order chi connectivity index (χ1) is 13.8. The molecular weight excluding hydrogens is 412 g/mol. The molecule has 0 aliphatic rings. The van der Waals surface area contributed by atoms with Gasteiger partial charge in [-0.15, -0.1) is 11.3 Å². The van der Waals surface area contributed by atoms with Gasteiger partial charge in [0.25, 0.3) is 0 Å². The molecule has 0 aromatic carbocycles. The summed E-state index contributed by atoms with van der Waals surface area (Å²) in [6.45, 7) is 10.9. The van der Waals surface area contributed by atoms with Gasteiger partial charge in [-0.05, 0) is 52.4 Å². The normalized spacial score (nSPS) is 10.5. The topological polar surface area (TPSA) is 94.5 Å². The number of hydrogen-bond donors (Lipinski definition) is 2. The molecule has 0 fully saturated rings. The van der Waals surface area contributed by atoms with Gasteiger partial charge in [0, 0.05) is 24.8 Å². The van der Waals surface area contributed by atoms with Gasteiger partial charge < -0.3 is 20.1 Å². The molecule has 0 aliphatic heterocycles. The lowest BCUT2D eigenvalue weighted by Crippen LogP contribution is -2.28. The number of rotatable bonds is 8. The van der Waals surface area contributed by atoms with Crippen LogP contribution in [-0.4, -0.2) is 40.0 Å². The van der Waals surface area contributed by atoms with E-state index >= 15 is 0 Å². The van der Waals surface area contributed by atoms with Crippen molar-refractivity contribution in [2.45, 2.75) is 47.7 Å². The molecule has 158 valence electrons. The van der Waals surface area contributed by atoms with Gasteiger partial charge in [-0.25, -0.2) is 9.59 Å². The predicted octanol–water partition coefficient (Wildman–Crippen LogP) is 3.42. The van der Waals surface area contributed by atoms with Crippen LogP contribution in [0.5, 0.6) is 0 Å². The van der Waals surface area contributed by atoms with Crippen LogP contribution in [0.2, 0.25) is 0 Å². The van der Waals surface area contributed by atoms with E-state index in [1.54, 1.807) is 20.8 Å². The summed E-state index contributed by atoms with van der Waals surface area (Å²) in [4.78, 5) is 25.0. The molecule has 0 saturated carbocycles. The maximum absolute atomic E-state index is 12.4. The highest BCUT2D eigenvalue weighted by molar-refractivity contribution is 7.80. The number of aromatic nitrogens is 2. The van der Waals surface area contributed by atoms with Crippen LogP contribution in [0, 0.1) is 13.8 Å². The zero-order valence-corrected chi connectivity index (χ0v) is 18.9. The van der Waals surface area contributed by atoms with Crippen molar-refractivity contribution in [2.24, 2.45) is 0 Å². The Balaban J connectivity index is 2.19. The molecule has 0 unspecified atom stereocenters. The summed E-state index contributed by atoms with van der Waals surface area (Å²) in [5.41, 5.74) is 2.75. The fourth-order valence-corrected chi connectivity index (χ4v) is 3.99. The molecule has 0 aliphatic carbocycles. The van der Waals surface area contributed by atoms with Gasteiger partial charge in [0.15, 0.2) is 5.11 Å². The average molecular weight is 439 g/mol. The van der Waals surface area contributed by atoms with Gasteiger partial charge >= 0.3 is 11.9 Å². The van der Waals surface area contributed by atoms with E-state index in [4.69, 9.17) is 21.7 Å². The second kappa shape index (κ2) is 10.4. The van der Waals surface area contributed by atoms with Crippen molar-refractivity contribution in [3.05, 3.63) is 33.5 Å². The van der Waals surface area contributed by atoms with E-state index < -0.39 is 11.9 Å². The van der Waals surface area contributed by atoms with Crippen LogP contribution in [-0.2, 0) is 22.6 Å². The number of carbonyl (C=O) groups is 2. The molecule has 0 saturated heterocycles. The van der Waals surface area contributed by atoms with Crippen molar-refractivity contribution in [2.75, 3.05) is 18.5 Å². The maximum atomic E-state index is 12.4. The van der Waals surface area contributed by atoms with E-state index in [0.29, 0.717) is 32.7 Å². The summed E-state index contributed by atoms with van der Waals surface area (Å²) >= 11 is 6.50. The molecule has 8 nitrogen and oxygen atoms in total. The molecule has 0 bridgehead atoms. The number of carbonyl (C=O) groups excluding carboxylic acids is 2.